The van der Waals surface area contributed by atoms with Crippen molar-refractivity contribution in [2.75, 3.05) is 40.9 Å². The molecule has 0 aliphatic carbocycles. The molecule has 0 aliphatic rings. The van der Waals surface area contributed by atoms with Crippen LogP contribution in [0.3, 0.4) is 0 Å². The van der Waals surface area contributed by atoms with Gasteiger partial charge in [-0.3, -0.25) is 4.79 Å². The lowest BCUT2D eigenvalue weighted by atomic mass is 10.1. The first-order valence-electron chi connectivity index (χ1n) is 7.99. The fraction of sp³-hybridized carbons (Fsp3) is 0.444. The van der Waals surface area contributed by atoms with E-state index in [0.717, 1.165) is 23.4 Å². The molecule has 0 saturated heterocycles. The molecule has 130 valence electrons. The molecule has 1 amide bonds. The first kappa shape index (κ1) is 18.2. The quantitative estimate of drug-likeness (QED) is 0.690. The summed E-state index contributed by atoms with van der Waals surface area (Å²) in [5, 5.41) is 0. The fourth-order valence-corrected chi connectivity index (χ4v) is 2.22. The zero-order valence-corrected chi connectivity index (χ0v) is 14.9. The van der Waals surface area contributed by atoms with Gasteiger partial charge >= 0.3 is 0 Å². The first-order chi connectivity index (χ1) is 11.5. The van der Waals surface area contributed by atoms with Crippen LogP contribution in [0.4, 0.5) is 0 Å². The minimum Gasteiger partial charge on any atom is -0.370 e. The molecule has 0 saturated carbocycles. The maximum Gasteiger partial charge on any atom is 0.248 e. The number of hydrogen-bond acceptors (Lipinski definition) is 4. The van der Waals surface area contributed by atoms with Crippen molar-refractivity contribution >= 4 is 5.91 Å². The fourth-order valence-electron chi connectivity index (χ4n) is 2.22. The third-order valence-corrected chi connectivity index (χ3v) is 3.71. The first-order valence-corrected chi connectivity index (χ1v) is 7.99. The van der Waals surface area contributed by atoms with Gasteiger partial charge in [0.15, 0.2) is 0 Å². The van der Waals surface area contributed by atoms with E-state index in [4.69, 9.17) is 4.74 Å². The summed E-state index contributed by atoms with van der Waals surface area (Å²) in [6.45, 7) is 2.06. The van der Waals surface area contributed by atoms with E-state index >= 15 is 0 Å². The van der Waals surface area contributed by atoms with Crippen LogP contribution < -0.4 is 0 Å². The number of carbonyl (C=O) groups is 1. The highest BCUT2D eigenvalue weighted by Gasteiger charge is 2.10. The third kappa shape index (κ3) is 5.47. The number of carbonyl (C=O) groups excluding carboxylic acids is 1. The summed E-state index contributed by atoms with van der Waals surface area (Å²) in [6.07, 6.45) is 3.77. The Labute approximate surface area is 143 Å². The van der Waals surface area contributed by atoms with E-state index in [9.17, 15) is 4.79 Å². The van der Waals surface area contributed by atoms with Crippen LogP contribution in [0.1, 0.15) is 5.56 Å². The van der Waals surface area contributed by atoms with Gasteiger partial charge in [-0.2, -0.15) is 0 Å². The van der Waals surface area contributed by atoms with Gasteiger partial charge in [0.05, 0.1) is 18.6 Å². The number of benzene rings is 1. The van der Waals surface area contributed by atoms with Crippen molar-refractivity contribution in [1.82, 2.24) is 19.4 Å². The molecule has 2 rings (SSSR count). The number of nitrogens with zero attached hydrogens (tertiary/aromatic N) is 4. The van der Waals surface area contributed by atoms with E-state index in [2.05, 4.69) is 4.98 Å². The topological polar surface area (TPSA) is 50.6 Å². The molecule has 0 N–H and O–H groups in total. The zero-order chi connectivity index (χ0) is 17.5. The summed E-state index contributed by atoms with van der Waals surface area (Å²) in [4.78, 5) is 20.1. The second kappa shape index (κ2) is 8.61. The van der Waals surface area contributed by atoms with Gasteiger partial charge in [-0.25, -0.2) is 4.98 Å². The molecule has 0 fully saturated rings. The molecule has 0 spiro atoms. The monoisotopic (exact) mass is 330 g/mol. The van der Waals surface area contributed by atoms with Crippen LogP contribution in [0.2, 0.25) is 0 Å². The van der Waals surface area contributed by atoms with Crippen molar-refractivity contribution in [3.05, 3.63) is 42.4 Å². The molecular weight excluding hydrogens is 304 g/mol. The van der Waals surface area contributed by atoms with Crippen LogP contribution in [0, 0.1) is 0 Å². The van der Waals surface area contributed by atoms with Crippen molar-refractivity contribution in [3.8, 4) is 11.3 Å². The van der Waals surface area contributed by atoms with Gasteiger partial charge < -0.3 is 19.1 Å². The van der Waals surface area contributed by atoms with Crippen LogP contribution in [0.15, 0.2) is 36.8 Å². The molecule has 24 heavy (non-hydrogen) atoms. The highest BCUT2D eigenvalue weighted by molar-refractivity contribution is 5.77. The summed E-state index contributed by atoms with van der Waals surface area (Å²) in [5.74, 6) is -0.0115. The molecular formula is C18H26N4O2. The number of ether oxygens (including phenoxy) is 1. The highest BCUT2D eigenvalue weighted by Crippen LogP contribution is 2.17. The van der Waals surface area contributed by atoms with E-state index in [1.807, 2.05) is 61.1 Å². The Hall–Kier alpha value is -2.18. The van der Waals surface area contributed by atoms with Gasteiger partial charge in [-0.15, -0.1) is 0 Å². The standard InChI is InChI=1S/C18H26N4O2/c1-20(2)9-10-24-13-18(23)22(4)11-15-5-7-16(8-6-15)17-12-21(3)14-19-17/h5-8,12,14H,9-11,13H2,1-4H3. The van der Waals surface area contributed by atoms with Crippen LogP contribution in [0.25, 0.3) is 11.3 Å². The number of rotatable bonds is 8. The van der Waals surface area contributed by atoms with E-state index < -0.39 is 0 Å². The molecule has 0 radical (unpaired) electrons. The average molecular weight is 330 g/mol. The molecule has 6 nitrogen and oxygen atoms in total. The summed E-state index contributed by atoms with van der Waals surface area (Å²) in [7, 11) is 7.70. The smallest absolute Gasteiger partial charge is 0.248 e. The van der Waals surface area contributed by atoms with E-state index in [-0.39, 0.29) is 12.5 Å². The Morgan fingerprint density at radius 2 is 1.92 bits per heavy atom. The number of hydrogen-bond donors (Lipinski definition) is 0. The largest absolute Gasteiger partial charge is 0.370 e. The van der Waals surface area contributed by atoms with E-state index in [1.165, 1.54) is 0 Å². The van der Waals surface area contributed by atoms with E-state index in [1.54, 1.807) is 18.3 Å². The number of aromatic nitrogens is 2. The minimum absolute atomic E-state index is 0.0115. The third-order valence-electron chi connectivity index (χ3n) is 3.71. The predicted octanol–water partition coefficient (Wildman–Crippen LogP) is 1.62. The summed E-state index contributed by atoms with van der Waals surface area (Å²) < 4.78 is 7.32. The average Bonchev–Trinajstić information content (AvgIpc) is 2.98. The van der Waals surface area contributed by atoms with Crippen LogP contribution in [0.5, 0.6) is 0 Å². The lowest BCUT2D eigenvalue weighted by Gasteiger charge is -2.18. The molecule has 2 aromatic rings. The molecule has 0 unspecified atom stereocenters. The van der Waals surface area contributed by atoms with Crippen LogP contribution in [-0.2, 0) is 23.1 Å². The van der Waals surface area contributed by atoms with Gasteiger partial charge in [0.2, 0.25) is 5.91 Å². The second-order valence-electron chi connectivity index (χ2n) is 6.23. The predicted molar refractivity (Wildman–Crippen MR) is 94.5 cm³/mol. The molecule has 1 aromatic heterocycles. The van der Waals surface area contributed by atoms with Crippen molar-refractivity contribution in [2.45, 2.75) is 6.54 Å². The number of amides is 1. The molecule has 0 bridgehead atoms. The Balaban J connectivity index is 1.83. The Morgan fingerprint density at radius 1 is 1.21 bits per heavy atom. The van der Waals surface area contributed by atoms with Gasteiger partial charge in [-0.05, 0) is 19.7 Å². The lowest BCUT2D eigenvalue weighted by molar-refractivity contribution is -0.135. The van der Waals surface area contributed by atoms with Crippen LogP contribution >= 0.6 is 0 Å². The maximum absolute atomic E-state index is 12.1. The van der Waals surface area contributed by atoms with Crippen molar-refractivity contribution < 1.29 is 9.53 Å². The second-order valence-corrected chi connectivity index (χ2v) is 6.23. The number of likely N-dealkylation sites (N-methyl/N-ethyl adjacent to an activating group) is 2. The van der Waals surface area contributed by atoms with Crippen molar-refractivity contribution in [2.24, 2.45) is 7.05 Å². The SMILES string of the molecule is CN(C)CCOCC(=O)N(C)Cc1ccc(-c2cn(C)cn2)cc1. The van der Waals surface area contributed by atoms with Gasteiger partial charge in [-0.1, -0.05) is 24.3 Å². The van der Waals surface area contributed by atoms with Crippen LogP contribution in [-0.4, -0.2) is 66.2 Å². The van der Waals surface area contributed by atoms with Gasteiger partial charge in [0.1, 0.15) is 6.61 Å². The highest BCUT2D eigenvalue weighted by atomic mass is 16.5. The number of imidazole rings is 1. The Kier molecular flexibility index (Phi) is 6.52. The Morgan fingerprint density at radius 3 is 2.50 bits per heavy atom. The lowest BCUT2D eigenvalue weighted by Crippen LogP contribution is -2.31. The zero-order valence-electron chi connectivity index (χ0n) is 14.9. The molecule has 0 aliphatic heterocycles. The molecule has 6 heteroatoms. The summed E-state index contributed by atoms with van der Waals surface area (Å²) >= 11 is 0. The van der Waals surface area contributed by atoms with Crippen molar-refractivity contribution in [1.29, 1.82) is 0 Å². The maximum atomic E-state index is 12.1. The summed E-state index contributed by atoms with van der Waals surface area (Å²) in [5.41, 5.74) is 3.10. The summed E-state index contributed by atoms with van der Waals surface area (Å²) in [6, 6.07) is 8.12. The molecule has 0 atom stereocenters. The molecule has 1 heterocycles. The van der Waals surface area contributed by atoms with Gasteiger partial charge in [0.25, 0.3) is 0 Å². The number of aryl methyl sites for hydroxylation is 1. The van der Waals surface area contributed by atoms with Gasteiger partial charge in [0, 0.05) is 38.9 Å². The van der Waals surface area contributed by atoms with Crippen molar-refractivity contribution in [3.63, 3.8) is 0 Å². The Bertz CT molecular complexity index is 649. The van der Waals surface area contributed by atoms with E-state index in [0.29, 0.717) is 13.2 Å². The normalized spacial score (nSPS) is 11.0. The minimum atomic E-state index is -0.0115. The molecule has 1 aromatic carbocycles.